The van der Waals surface area contributed by atoms with E-state index >= 15 is 0 Å². The molecule has 24 heavy (non-hydrogen) atoms. The van der Waals surface area contributed by atoms with Gasteiger partial charge in [-0.1, -0.05) is 13.8 Å². The smallest absolute Gasteiger partial charge is 0.264 e. The van der Waals surface area contributed by atoms with E-state index in [-0.39, 0.29) is 0 Å². The van der Waals surface area contributed by atoms with Crippen molar-refractivity contribution >= 4 is 38.0 Å². The van der Waals surface area contributed by atoms with Crippen LogP contribution in [-0.4, -0.2) is 61.8 Å². The van der Waals surface area contributed by atoms with E-state index in [2.05, 4.69) is 8.37 Å². The molecular weight excluding hydrogens is 398 g/mol. The maximum Gasteiger partial charge on any atom is 0.397 e. The first kappa shape index (κ1) is 24.6. The van der Waals surface area contributed by atoms with Crippen LogP contribution in [-0.2, 0) is 29.2 Å². The van der Waals surface area contributed by atoms with Crippen molar-refractivity contribution in [3.8, 4) is 0 Å². The fourth-order valence-electron chi connectivity index (χ4n) is 2.29. The minimum atomic E-state index is -4.40. The molecule has 0 aliphatic carbocycles. The highest BCUT2D eigenvalue weighted by molar-refractivity contribution is 7.81. The fraction of sp³-hybridized carbons (Fsp3) is 1.00. The van der Waals surface area contributed by atoms with Crippen LogP contribution in [0.5, 0.6) is 0 Å². The lowest BCUT2D eigenvalue weighted by Gasteiger charge is -2.18. The summed E-state index contributed by atoms with van der Waals surface area (Å²) in [6.07, 6.45) is 1.99. The normalized spacial score (nSPS) is 19.1. The van der Waals surface area contributed by atoms with Gasteiger partial charge < -0.3 is 0 Å². The number of hydrogen-bond donors (Lipinski definition) is 2. The molecule has 0 aromatic rings. The number of rotatable bonds is 13. The van der Waals surface area contributed by atoms with Crippen LogP contribution in [0, 0.1) is 0 Å². The molecule has 0 aliphatic heterocycles. The van der Waals surface area contributed by atoms with E-state index in [0.717, 1.165) is 12.3 Å². The van der Waals surface area contributed by atoms with Crippen LogP contribution in [0.1, 0.15) is 40.5 Å². The predicted molar refractivity (Wildman–Crippen MR) is 98.7 cm³/mol. The minimum absolute atomic E-state index is 0.295. The molecule has 0 saturated heterocycles. The van der Waals surface area contributed by atoms with Gasteiger partial charge in [-0.3, -0.25) is 9.11 Å². The summed E-state index contributed by atoms with van der Waals surface area (Å²) >= 11 is 0. The van der Waals surface area contributed by atoms with Crippen LogP contribution in [0.25, 0.3) is 0 Å². The molecule has 0 rings (SSSR count). The zero-order valence-electron chi connectivity index (χ0n) is 14.3. The zero-order chi connectivity index (χ0) is 19.0. The Labute approximate surface area is 148 Å². The van der Waals surface area contributed by atoms with Gasteiger partial charge in [-0.05, 0) is 50.3 Å². The first-order valence-electron chi connectivity index (χ1n) is 7.56. The van der Waals surface area contributed by atoms with Crippen molar-refractivity contribution < 1.29 is 34.3 Å². The van der Waals surface area contributed by atoms with E-state index in [4.69, 9.17) is 9.11 Å². The van der Waals surface area contributed by atoms with E-state index in [0.29, 0.717) is 41.3 Å². The first-order chi connectivity index (χ1) is 10.8. The van der Waals surface area contributed by atoms with Crippen LogP contribution in [0.15, 0.2) is 0 Å². The van der Waals surface area contributed by atoms with Crippen LogP contribution in [0.3, 0.4) is 0 Å². The summed E-state index contributed by atoms with van der Waals surface area (Å²) in [4.78, 5) is 0. The van der Waals surface area contributed by atoms with Crippen LogP contribution in [0.4, 0.5) is 0 Å². The second-order valence-electron chi connectivity index (χ2n) is 5.85. The van der Waals surface area contributed by atoms with E-state index in [1.54, 1.807) is 13.8 Å². The van der Waals surface area contributed by atoms with Crippen LogP contribution < -0.4 is 0 Å². The summed E-state index contributed by atoms with van der Waals surface area (Å²) in [6, 6.07) is 0. The van der Waals surface area contributed by atoms with Crippen molar-refractivity contribution in [2.24, 2.45) is 0 Å². The molecule has 0 amide bonds. The highest BCUT2D eigenvalue weighted by Gasteiger charge is 2.17. The van der Waals surface area contributed by atoms with Gasteiger partial charge in [0.2, 0.25) is 0 Å². The second-order valence-corrected chi connectivity index (χ2v) is 11.7. The molecule has 2 N–H and O–H groups in total. The van der Waals surface area contributed by atoms with Gasteiger partial charge in [0.1, 0.15) is 0 Å². The van der Waals surface area contributed by atoms with E-state index in [1.165, 1.54) is 0 Å². The summed E-state index contributed by atoms with van der Waals surface area (Å²) in [5, 5.41) is 0. The van der Waals surface area contributed by atoms with Crippen LogP contribution >= 0.6 is 17.2 Å². The molecule has 0 fully saturated rings. The molecule has 0 bridgehead atoms. The second kappa shape index (κ2) is 11.3. The topological polar surface area (TPSA) is 127 Å². The van der Waals surface area contributed by atoms with Crippen molar-refractivity contribution in [3.63, 3.8) is 0 Å². The Hall–Kier alpha value is 0.600. The van der Waals surface area contributed by atoms with Crippen molar-refractivity contribution in [1.29, 1.82) is 0 Å². The summed E-state index contributed by atoms with van der Waals surface area (Å²) in [7, 11) is -7.49. The third-order valence-corrected chi connectivity index (χ3v) is 7.64. The largest absolute Gasteiger partial charge is 0.397 e. The van der Waals surface area contributed by atoms with Gasteiger partial charge in [0.05, 0.1) is 12.2 Å². The third kappa shape index (κ3) is 16.1. The summed E-state index contributed by atoms with van der Waals surface area (Å²) < 4.78 is 68.6. The van der Waals surface area contributed by atoms with Gasteiger partial charge in [0.15, 0.2) is 0 Å². The molecule has 0 radical (unpaired) electrons. The molecule has 6 atom stereocenters. The Kier molecular flexibility index (Phi) is 11.6. The van der Waals surface area contributed by atoms with Crippen molar-refractivity contribution in [3.05, 3.63) is 0 Å². The van der Waals surface area contributed by atoms with Gasteiger partial charge in [0, 0.05) is 0 Å². The van der Waals surface area contributed by atoms with Gasteiger partial charge in [-0.15, -0.1) is 17.2 Å². The summed E-state index contributed by atoms with van der Waals surface area (Å²) in [6.45, 7) is 7.23. The Balaban J connectivity index is 3.88. The Bertz CT molecular complexity index is 501. The van der Waals surface area contributed by atoms with E-state index in [1.807, 2.05) is 13.8 Å². The highest BCUT2D eigenvalue weighted by atomic mass is 32.3. The molecule has 0 aliphatic rings. The van der Waals surface area contributed by atoms with Crippen LogP contribution in [0.2, 0.25) is 0 Å². The molecule has 0 aromatic carbocycles. The van der Waals surface area contributed by atoms with E-state index in [9.17, 15) is 16.8 Å². The number of hydrogen-bond acceptors (Lipinski definition) is 6. The van der Waals surface area contributed by atoms with Crippen molar-refractivity contribution in [2.75, 3.05) is 12.3 Å². The molecule has 8 nitrogen and oxygen atoms in total. The monoisotopic (exact) mass is 426 g/mol. The lowest BCUT2D eigenvalue weighted by atomic mass is 10.2. The summed E-state index contributed by atoms with van der Waals surface area (Å²) in [5.41, 5.74) is 0.590. The molecule has 0 spiro atoms. The van der Waals surface area contributed by atoms with Gasteiger partial charge in [-0.2, -0.15) is 16.8 Å². The molecule has 146 valence electrons. The lowest BCUT2D eigenvalue weighted by molar-refractivity contribution is 0.188. The lowest BCUT2D eigenvalue weighted by Crippen LogP contribution is -2.18. The molecule has 0 saturated carbocycles. The highest BCUT2D eigenvalue weighted by Crippen LogP contribution is 2.30. The SMILES string of the molecule is C[C@H](C[C@H](C)OS(=O)(=O)O)PCCP[C@H](C)C[C@H](C)OS(=O)(=O)O. The average Bonchev–Trinajstić information content (AvgIpc) is 2.29. The van der Waals surface area contributed by atoms with Gasteiger partial charge in [-0.25, -0.2) is 8.37 Å². The maximum absolute atomic E-state index is 10.6. The molecular formula is C12H28O8P2S2. The zero-order valence-corrected chi connectivity index (χ0v) is 17.9. The molecule has 0 aromatic heterocycles. The van der Waals surface area contributed by atoms with E-state index < -0.39 is 33.0 Å². The third-order valence-electron chi connectivity index (χ3n) is 3.05. The van der Waals surface area contributed by atoms with Gasteiger partial charge in [0.25, 0.3) is 0 Å². The average molecular weight is 426 g/mol. The Morgan fingerprint density at radius 3 is 1.29 bits per heavy atom. The van der Waals surface area contributed by atoms with Crippen molar-refractivity contribution in [2.45, 2.75) is 64.1 Å². The minimum Gasteiger partial charge on any atom is -0.264 e. The Morgan fingerprint density at radius 2 is 1.04 bits per heavy atom. The first-order valence-corrected chi connectivity index (χ1v) is 12.9. The summed E-state index contributed by atoms with van der Waals surface area (Å²) in [5.74, 6) is 0. The quantitative estimate of drug-likeness (QED) is 0.261. The molecule has 12 heteroatoms. The maximum atomic E-state index is 10.6. The van der Waals surface area contributed by atoms with Gasteiger partial charge >= 0.3 is 20.8 Å². The Morgan fingerprint density at radius 1 is 0.750 bits per heavy atom. The standard InChI is InChI=1S/C12H28O8P2S2/c1-9(19-23(13,14)15)7-11(3)21-5-6-22-12(4)8-10(2)20-24(16,17)18/h9-12,21-22H,5-8H2,1-4H3,(H,13,14,15)(H,16,17,18)/t9-,10-,11+,12+/m0/s1. The molecule has 0 heterocycles. The molecule has 2 unspecified atom stereocenters. The fourth-order valence-corrected chi connectivity index (χ4v) is 6.42. The van der Waals surface area contributed by atoms with Crippen molar-refractivity contribution in [1.82, 2.24) is 0 Å². The predicted octanol–water partition coefficient (Wildman–Crippen LogP) is 2.32.